The van der Waals surface area contributed by atoms with E-state index in [0.717, 1.165) is 5.69 Å². The standard InChI is InChI=1S/C18H15FN6O2S/c1-12(26-15-9-7-13(19)8-10-15)17-21-22-18(27-17)28-11-16-20-23-24-25(16)14-5-3-2-4-6-14/h2-10,12H,11H2,1H3/t12-/m1/s1. The summed E-state index contributed by atoms with van der Waals surface area (Å²) in [7, 11) is 0. The van der Waals surface area contributed by atoms with E-state index in [2.05, 4.69) is 25.7 Å². The number of thioether (sulfide) groups is 1. The van der Waals surface area contributed by atoms with Crippen LogP contribution in [0.15, 0.2) is 64.2 Å². The number of benzene rings is 2. The van der Waals surface area contributed by atoms with Crippen molar-refractivity contribution in [2.24, 2.45) is 0 Å². The molecule has 0 aliphatic rings. The Bertz CT molecular complexity index is 1040. The maximum Gasteiger partial charge on any atom is 0.277 e. The van der Waals surface area contributed by atoms with Gasteiger partial charge in [0.15, 0.2) is 11.9 Å². The molecule has 2 aromatic carbocycles. The van der Waals surface area contributed by atoms with Crippen molar-refractivity contribution in [3.05, 3.63) is 72.1 Å². The lowest BCUT2D eigenvalue weighted by atomic mass is 10.3. The zero-order valence-corrected chi connectivity index (χ0v) is 15.6. The summed E-state index contributed by atoms with van der Waals surface area (Å²) in [5, 5.41) is 20.2. The summed E-state index contributed by atoms with van der Waals surface area (Å²) in [5.41, 5.74) is 0.871. The summed E-state index contributed by atoms with van der Waals surface area (Å²) < 4.78 is 26.0. The Balaban J connectivity index is 1.39. The quantitative estimate of drug-likeness (QED) is 0.436. The van der Waals surface area contributed by atoms with Crippen LogP contribution < -0.4 is 4.74 Å². The second kappa shape index (κ2) is 8.17. The van der Waals surface area contributed by atoms with Crippen molar-refractivity contribution in [1.82, 2.24) is 30.4 Å². The molecule has 2 heterocycles. The molecular formula is C18H15FN6O2S. The van der Waals surface area contributed by atoms with Crippen LogP contribution in [0.2, 0.25) is 0 Å². The molecule has 1 atom stereocenters. The van der Waals surface area contributed by atoms with Crippen LogP contribution in [0.4, 0.5) is 4.39 Å². The second-order valence-corrected chi connectivity index (χ2v) is 6.68. The molecule has 8 nitrogen and oxygen atoms in total. The third kappa shape index (κ3) is 4.17. The Labute approximate surface area is 163 Å². The van der Waals surface area contributed by atoms with E-state index < -0.39 is 6.10 Å². The van der Waals surface area contributed by atoms with Crippen LogP contribution in [0.1, 0.15) is 24.7 Å². The van der Waals surface area contributed by atoms with Crippen molar-refractivity contribution in [2.45, 2.75) is 24.0 Å². The third-order valence-electron chi connectivity index (χ3n) is 3.76. The Hall–Kier alpha value is -3.27. The SMILES string of the molecule is C[C@@H](Oc1ccc(F)cc1)c1nnc(SCc2nnnn2-c2ccccc2)o1. The number of aromatic nitrogens is 6. The zero-order valence-electron chi connectivity index (χ0n) is 14.8. The maximum atomic E-state index is 13.0. The number of hydrogen-bond donors (Lipinski definition) is 0. The number of halogens is 1. The van der Waals surface area contributed by atoms with Gasteiger partial charge in [-0.25, -0.2) is 4.39 Å². The van der Waals surface area contributed by atoms with E-state index in [9.17, 15) is 4.39 Å². The van der Waals surface area contributed by atoms with Gasteiger partial charge in [-0.05, 0) is 53.7 Å². The zero-order chi connectivity index (χ0) is 19.3. The molecule has 142 valence electrons. The topological polar surface area (TPSA) is 91.8 Å². The average Bonchev–Trinajstić information content (AvgIpc) is 3.38. The van der Waals surface area contributed by atoms with Crippen molar-refractivity contribution in [3.63, 3.8) is 0 Å². The van der Waals surface area contributed by atoms with Crippen LogP contribution in [-0.2, 0) is 5.75 Å². The second-order valence-electron chi connectivity index (χ2n) is 5.75. The van der Waals surface area contributed by atoms with E-state index in [0.29, 0.717) is 28.4 Å². The van der Waals surface area contributed by atoms with Crippen LogP contribution in [0.3, 0.4) is 0 Å². The Morgan fingerprint density at radius 2 is 1.86 bits per heavy atom. The van der Waals surface area contributed by atoms with Crippen molar-refractivity contribution in [3.8, 4) is 11.4 Å². The molecule has 0 unspecified atom stereocenters. The lowest BCUT2D eigenvalue weighted by molar-refractivity contribution is 0.181. The summed E-state index contributed by atoms with van der Waals surface area (Å²) in [4.78, 5) is 0. The fourth-order valence-electron chi connectivity index (χ4n) is 2.40. The Morgan fingerprint density at radius 1 is 1.07 bits per heavy atom. The van der Waals surface area contributed by atoms with E-state index >= 15 is 0 Å². The lowest BCUT2D eigenvalue weighted by Crippen LogP contribution is -2.03. The van der Waals surface area contributed by atoms with Crippen LogP contribution >= 0.6 is 11.8 Å². The highest BCUT2D eigenvalue weighted by Gasteiger charge is 2.17. The van der Waals surface area contributed by atoms with Gasteiger partial charge in [-0.1, -0.05) is 30.0 Å². The average molecular weight is 398 g/mol. The number of hydrogen-bond acceptors (Lipinski definition) is 8. The van der Waals surface area contributed by atoms with E-state index in [1.807, 2.05) is 30.3 Å². The highest BCUT2D eigenvalue weighted by atomic mass is 32.2. The largest absolute Gasteiger partial charge is 0.481 e. The first kappa shape index (κ1) is 18.1. The monoisotopic (exact) mass is 398 g/mol. The van der Waals surface area contributed by atoms with E-state index in [4.69, 9.17) is 9.15 Å². The molecule has 0 aliphatic carbocycles. The molecule has 0 amide bonds. The van der Waals surface area contributed by atoms with Gasteiger partial charge in [0.1, 0.15) is 11.6 Å². The summed E-state index contributed by atoms with van der Waals surface area (Å²) in [6, 6.07) is 15.3. The summed E-state index contributed by atoms with van der Waals surface area (Å²) >= 11 is 1.32. The highest BCUT2D eigenvalue weighted by Crippen LogP contribution is 2.26. The highest BCUT2D eigenvalue weighted by molar-refractivity contribution is 7.98. The van der Waals surface area contributed by atoms with Gasteiger partial charge in [-0.15, -0.1) is 15.3 Å². The van der Waals surface area contributed by atoms with Gasteiger partial charge in [-0.3, -0.25) is 0 Å². The minimum absolute atomic E-state index is 0.325. The lowest BCUT2D eigenvalue weighted by Gasteiger charge is -2.10. The molecular weight excluding hydrogens is 383 g/mol. The van der Waals surface area contributed by atoms with Gasteiger partial charge >= 0.3 is 0 Å². The molecule has 0 bridgehead atoms. The Morgan fingerprint density at radius 3 is 2.64 bits per heavy atom. The molecule has 0 saturated carbocycles. The first-order valence-corrected chi connectivity index (χ1v) is 9.39. The number of para-hydroxylation sites is 1. The summed E-state index contributed by atoms with van der Waals surface area (Å²) in [5.74, 6) is 1.63. The Kier molecular flexibility index (Phi) is 5.29. The molecule has 4 aromatic rings. The fourth-order valence-corrected chi connectivity index (χ4v) is 3.08. The van der Waals surface area contributed by atoms with Crippen LogP contribution in [0.25, 0.3) is 5.69 Å². The number of ether oxygens (including phenoxy) is 1. The van der Waals surface area contributed by atoms with Crippen molar-refractivity contribution in [1.29, 1.82) is 0 Å². The molecule has 10 heteroatoms. The molecule has 0 saturated heterocycles. The van der Waals surface area contributed by atoms with Crippen molar-refractivity contribution in [2.75, 3.05) is 0 Å². The molecule has 0 spiro atoms. The molecule has 0 radical (unpaired) electrons. The van der Waals surface area contributed by atoms with E-state index in [1.54, 1.807) is 23.7 Å². The molecule has 0 fully saturated rings. The van der Waals surface area contributed by atoms with Gasteiger partial charge in [0, 0.05) is 0 Å². The normalized spacial score (nSPS) is 12.1. The third-order valence-corrected chi connectivity index (χ3v) is 4.57. The van der Waals surface area contributed by atoms with Crippen LogP contribution in [0.5, 0.6) is 5.75 Å². The van der Waals surface area contributed by atoms with Gasteiger partial charge in [0.25, 0.3) is 11.1 Å². The number of tetrazole rings is 1. The first-order chi connectivity index (χ1) is 13.7. The fraction of sp³-hybridized carbons (Fsp3) is 0.167. The molecule has 2 aromatic heterocycles. The molecule has 0 N–H and O–H groups in total. The molecule has 28 heavy (non-hydrogen) atoms. The minimum Gasteiger partial charge on any atom is -0.481 e. The van der Waals surface area contributed by atoms with Crippen molar-refractivity contribution >= 4 is 11.8 Å². The van der Waals surface area contributed by atoms with Gasteiger partial charge < -0.3 is 9.15 Å². The summed E-state index contributed by atoms with van der Waals surface area (Å²) in [6.45, 7) is 1.78. The molecule has 4 rings (SSSR count). The predicted octanol–water partition coefficient (Wildman–Crippen LogP) is 3.62. The maximum absolute atomic E-state index is 13.0. The smallest absolute Gasteiger partial charge is 0.277 e. The van der Waals surface area contributed by atoms with Gasteiger partial charge in [0.2, 0.25) is 0 Å². The molecule has 0 aliphatic heterocycles. The van der Waals surface area contributed by atoms with Crippen LogP contribution in [0, 0.1) is 5.82 Å². The van der Waals surface area contributed by atoms with Crippen molar-refractivity contribution < 1.29 is 13.5 Å². The first-order valence-electron chi connectivity index (χ1n) is 8.40. The predicted molar refractivity (Wildman–Crippen MR) is 98.5 cm³/mol. The number of nitrogens with zero attached hydrogens (tertiary/aromatic N) is 6. The van der Waals surface area contributed by atoms with E-state index in [-0.39, 0.29) is 5.82 Å². The van der Waals surface area contributed by atoms with E-state index in [1.165, 1.54) is 23.9 Å². The summed E-state index contributed by atoms with van der Waals surface area (Å²) in [6.07, 6.45) is -0.470. The van der Waals surface area contributed by atoms with Crippen LogP contribution in [-0.4, -0.2) is 30.4 Å². The van der Waals surface area contributed by atoms with Gasteiger partial charge in [-0.2, -0.15) is 4.68 Å². The van der Waals surface area contributed by atoms with Gasteiger partial charge in [0.05, 0.1) is 11.4 Å². The minimum atomic E-state index is -0.470. The number of rotatable bonds is 7.